The van der Waals surface area contributed by atoms with E-state index < -0.39 is 29.6 Å². The zero-order valence-electron chi connectivity index (χ0n) is 17.5. The number of phenolic OH excluding ortho intramolecular Hbond substituents is 1. The van der Waals surface area contributed by atoms with E-state index in [0.717, 1.165) is 12.1 Å². The fourth-order valence-electron chi connectivity index (χ4n) is 3.09. The second-order valence-electron chi connectivity index (χ2n) is 7.06. The van der Waals surface area contributed by atoms with Gasteiger partial charge in [-0.25, -0.2) is 18.6 Å². The number of hydrogen-bond donors (Lipinski definition) is 4. The molecule has 0 radical (unpaired) electrons. The first-order valence-electron chi connectivity index (χ1n) is 9.78. The van der Waals surface area contributed by atoms with Crippen molar-refractivity contribution in [2.24, 2.45) is 5.73 Å². The van der Waals surface area contributed by atoms with Gasteiger partial charge in [0, 0.05) is 16.8 Å². The van der Waals surface area contributed by atoms with Gasteiger partial charge >= 0.3 is 6.03 Å². The molecule has 1 atom stereocenters. The predicted molar refractivity (Wildman–Crippen MR) is 117 cm³/mol. The molecule has 3 rings (SSSR count). The molecule has 0 saturated heterocycles. The predicted octanol–water partition coefficient (Wildman–Crippen LogP) is 2.91. The normalized spacial score (nSPS) is 11.1. The average molecular weight is 450 g/mol. The van der Waals surface area contributed by atoms with E-state index >= 15 is 0 Å². The van der Waals surface area contributed by atoms with E-state index in [2.05, 4.69) is 27.5 Å². The Morgan fingerprint density at radius 1 is 1.09 bits per heavy atom. The molecule has 5 N–H and O–H groups in total. The van der Waals surface area contributed by atoms with Crippen LogP contribution in [0.4, 0.5) is 13.6 Å². The van der Waals surface area contributed by atoms with E-state index in [9.17, 15) is 23.5 Å². The number of nitrogens with two attached hydrogens (primary N) is 1. The molecule has 168 valence electrons. The third-order valence-corrected chi connectivity index (χ3v) is 4.55. The van der Waals surface area contributed by atoms with Gasteiger partial charge in [-0.3, -0.25) is 4.79 Å². The second kappa shape index (κ2) is 10.2. The number of aromatic nitrogens is 1. The van der Waals surface area contributed by atoms with Gasteiger partial charge in [0.1, 0.15) is 23.1 Å². The Morgan fingerprint density at radius 3 is 2.48 bits per heavy atom. The van der Waals surface area contributed by atoms with Crippen molar-refractivity contribution < 1.29 is 23.5 Å². The van der Waals surface area contributed by atoms with Crippen LogP contribution in [0.15, 0.2) is 54.6 Å². The largest absolute Gasteiger partial charge is 0.508 e. The molecule has 0 aliphatic rings. The minimum absolute atomic E-state index is 0.0315. The summed E-state index contributed by atoms with van der Waals surface area (Å²) in [5.74, 6) is 3.56. The van der Waals surface area contributed by atoms with Gasteiger partial charge in [-0.1, -0.05) is 24.0 Å². The number of aryl methyl sites for hydroxylation is 1. The van der Waals surface area contributed by atoms with Gasteiger partial charge in [0.25, 0.3) is 5.91 Å². The fraction of sp³-hybridized carbons (Fsp3) is 0.125. The Hall–Kier alpha value is -4.45. The maximum absolute atomic E-state index is 13.9. The Kier molecular flexibility index (Phi) is 7.20. The van der Waals surface area contributed by atoms with Gasteiger partial charge in [0.05, 0.1) is 12.6 Å². The molecule has 1 heterocycles. The molecule has 0 spiro atoms. The number of pyridine rings is 1. The number of rotatable bonds is 5. The number of hydrogen-bond acceptors (Lipinski definition) is 4. The summed E-state index contributed by atoms with van der Waals surface area (Å²) >= 11 is 0. The summed E-state index contributed by atoms with van der Waals surface area (Å²) in [7, 11) is 0. The Balaban J connectivity index is 1.93. The molecule has 0 aliphatic heterocycles. The van der Waals surface area contributed by atoms with Crippen LogP contribution in [0.2, 0.25) is 0 Å². The molecule has 3 amide bonds. The van der Waals surface area contributed by atoms with Crippen molar-refractivity contribution in [2.75, 3.05) is 6.54 Å². The van der Waals surface area contributed by atoms with Crippen LogP contribution in [-0.2, 0) is 0 Å². The van der Waals surface area contributed by atoms with Crippen molar-refractivity contribution in [1.29, 1.82) is 0 Å². The van der Waals surface area contributed by atoms with Gasteiger partial charge in [0.2, 0.25) is 0 Å². The maximum atomic E-state index is 13.9. The molecule has 2 aromatic carbocycles. The summed E-state index contributed by atoms with van der Waals surface area (Å²) in [6.45, 7) is 1.71. The Morgan fingerprint density at radius 2 is 1.79 bits per heavy atom. The third kappa shape index (κ3) is 6.27. The summed E-state index contributed by atoms with van der Waals surface area (Å²) in [4.78, 5) is 28.0. The molecule has 7 nitrogen and oxygen atoms in total. The van der Waals surface area contributed by atoms with Crippen molar-refractivity contribution in [2.45, 2.75) is 13.0 Å². The van der Waals surface area contributed by atoms with Crippen molar-refractivity contribution in [3.8, 4) is 17.6 Å². The van der Waals surface area contributed by atoms with Gasteiger partial charge in [-0.15, -0.1) is 0 Å². The first kappa shape index (κ1) is 23.2. The molecule has 9 heteroatoms. The fourth-order valence-corrected chi connectivity index (χ4v) is 3.09. The van der Waals surface area contributed by atoms with E-state index in [4.69, 9.17) is 5.73 Å². The number of carbonyl (C=O) groups is 2. The van der Waals surface area contributed by atoms with Crippen LogP contribution >= 0.6 is 0 Å². The molecule has 1 aromatic heterocycles. The highest BCUT2D eigenvalue weighted by Gasteiger charge is 2.22. The minimum Gasteiger partial charge on any atom is -0.508 e. The van der Waals surface area contributed by atoms with Gasteiger partial charge in [0.15, 0.2) is 0 Å². The summed E-state index contributed by atoms with van der Waals surface area (Å²) in [6, 6.07) is 10.0. The smallest absolute Gasteiger partial charge is 0.312 e. The minimum atomic E-state index is -0.981. The van der Waals surface area contributed by atoms with Crippen molar-refractivity contribution in [3.63, 3.8) is 0 Å². The lowest BCUT2D eigenvalue weighted by molar-refractivity contribution is 0.0937. The van der Waals surface area contributed by atoms with Gasteiger partial charge in [-0.05, 0) is 55.0 Å². The summed E-state index contributed by atoms with van der Waals surface area (Å²) < 4.78 is 27.3. The van der Waals surface area contributed by atoms with Crippen LogP contribution in [0.3, 0.4) is 0 Å². The highest BCUT2D eigenvalue weighted by Crippen LogP contribution is 2.30. The van der Waals surface area contributed by atoms with Crippen LogP contribution in [0.1, 0.15) is 38.9 Å². The molecule has 0 saturated carbocycles. The number of benzene rings is 2. The van der Waals surface area contributed by atoms with Crippen molar-refractivity contribution in [3.05, 3.63) is 94.3 Å². The highest BCUT2D eigenvalue weighted by molar-refractivity contribution is 5.93. The first-order valence-corrected chi connectivity index (χ1v) is 9.78. The lowest BCUT2D eigenvalue weighted by atomic mass is 9.97. The summed E-state index contributed by atoms with van der Waals surface area (Å²) in [6.07, 6.45) is 0. The summed E-state index contributed by atoms with van der Waals surface area (Å²) in [5.41, 5.74) is 6.54. The van der Waals surface area contributed by atoms with Crippen LogP contribution in [0, 0.1) is 30.4 Å². The number of amides is 3. The molecule has 0 aliphatic carbocycles. The number of nitrogens with one attached hydrogen (secondary N) is 2. The molecule has 33 heavy (non-hydrogen) atoms. The lowest BCUT2D eigenvalue weighted by Crippen LogP contribution is -2.30. The zero-order chi connectivity index (χ0) is 24.0. The number of phenols is 1. The molecule has 1 unspecified atom stereocenters. The third-order valence-electron chi connectivity index (χ3n) is 4.55. The zero-order valence-corrected chi connectivity index (χ0v) is 17.5. The van der Waals surface area contributed by atoms with Crippen LogP contribution in [-0.4, -0.2) is 28.6 Å². The van der Waals surface area contributed by atoms with Gasteiger partial charge < -0.3 is 21.5 Å². The van der Waals surface area contributed by atoms with E-state index in [0.29, 0.717) is 16.8 Å². The molecule has 0 bridgehead atoms. The number of halogens is 2. The van der Waals surface area contributed by atoms with Crippen molar-refractivity contribution >= 4 is 11.9 Å². The average Bonchev–Trinajstić information content (AvgIpc) is 2.77. The quantitative estimate of drug-likeness (QED) is 0.447. The number of urea groups is 1. The second-order valence-corrected chi connectivity index (χ2v) is 7.06. The topological polar surface area (TPSA) is 117 Å². The summed E-state index contributed by atoms with van der Waals surface area (Å²) in [5, 5.41) is 15.3. The van der Waals surface area contributed by atoms with Gasteiger partial charge in [-0.2, -0.15) is 0 Å². The highest BCUT2D eigenvalue weighted by atomic mass is 19.1. The van der Waals surface area contributed by atoms with Crippen LogP contribution in [0.5, 0.6) is 5.75 Å². The number of aromatic hydroxyl groups is 1. The molecular weight excluding hydrogens is 430 g/mol. The van der Waals surface area contributed by atoms with Crippen molar-refractivity contribution in [1.82, 2.24) is 15.6 Å². The monoisotopic (exact) mass is 450 g/mol. The Labute approximate surface area is 188 Å². The molecule has 3 aromatic rings. The van der Waals surface area contributed by atoms with E-state index in [1.807, 2.05) is 0 Å². The van der Waals surface area contributed by atoms with Crippen LogP contribution < -0.4 is 16.4 Å². The lowest BCUT2D eigenvalue weighted by Gasteiger charge is -2.21. The standard InChI is InChI=1S/C24H20F2N4O3/c1-14-11-15(3-2-10-28-24(27)33)12-20(29-14)23(32)30-22(16-4-6-17(25)7-5-16)19-13-18(26)8-9-21(19)31/h4-9,11-13,22,31H,10H2,1H3,(H,30,32)(H3,27,28,33). The van der Waals surface area contributed by atoms with E-state index in [-0.39, 0.29) is 23.6 Å². The maximum Gasteiger partial charge on any atom is 0.312 e. The first-order chi connectivity index (χ1) is 15.7. The number of primary amides is 1. The Bertz CT molecular complexity index is 1250. The molecular formula is C24H20F2N4O3. The molecule has 0 fully saturated rings. The van der Waals surface area contributed by atoms with E-state index in [1.165, 1.54) is 36.4 Å². The SMILES string of the molecule is Cc1cc(C#CCNC(N)=O)cc(C(=O)NC(c2ccc(F)cc2)c2cc(F)ccc2O)n1. The van der Waals surface area contributed by atoms with E-state index in [1.54, 1.807) is 13.0 Å². The number of nitrogens with zero attached hydrogens (tertiary/aromatic N) is 1. The number of carbonyl (C=O) groups excluding carboxylic acids is 2. The van der Waals surface area contributed by atoms with Crippen LogP contribution in [0.25, 0.3) is 0 Å².